The Morgan fingerprint density at radius 1 is 1.22 bits per heavy atom. The summed E-state index contributed by atoms with van der Waals surface area (Å²) in [5.74, 6) is 0.497. The molecule has 0 aliphatic carbocycles. The Bertz CT molecular complexity index is 1040. The second-order valence-corrected chi connectivity index (χ2v) is 6.25. The molecule has 0 spiro atoms. The van der Waals surface area contributed by atoms with Gasteiger partial charge in [0.05, 0.1) is 25.2 Å². The van der Waals surface area contributed by atoms with Crippen molar-refractivity contribution in [3.63, 3.8) is 0 Å². The summed E-state index contributed by atoms with van der Waals surface area (Å²) in [6.07, 6.45) is 5.32. The molecule has 1 saturated heterocycles. The number of para-hydroxylation sites is 1. The zero-order chi connectivity index (χ0) is 18.8. The number of aromatic nitrogens is 2. The highest BCUT2D eigenvalue weighted by Crippen LogP contribution is 2.24. The highest BCUT2D eigenvalue weighted by molar-refractivity contribution is 6.05. The van der Waals surface area contributed by atoms with Crippen LogP contribution < -0.4 is 20.6 Å². The van der Waals surface area contributed by atoms with E-state index in [4.69, 9.17) is 9.15 Å². The van der Waals surface area contributed by atoms with Crippen molar-refractivity contribution < 1.29 is 13.9 Å². The largest absolute Gasteiger partial charge is 0.493 e. The Hall–Kier alpha value is -3.42. The van der Waals surface area contributed by atoms with E-state index in [9.17, 15) is 9.59 Å². The number of hydrogen-bond donors (Lipinski definition) is 1. The number of nitrogens with one attached hydrogen (secondary N) is 1. The second-order valence-electron chi connectivity index (χ2n) is 6.25. The SMILES string of the molecule is COc1cccc2cc(C(=O)Nc3cnc(N4CCCC4)nc3)c(=O)oc12. The van der Waals surface area contributed by atoms with Gasteiger partial charge in [0.25, 0.3) is 5.91 Å². The Morgan fingerprint density at radius 2 is 1.96 bits per heavy atom. The fourth-order valence-corrected chi connectivity index (χ4v) is 3.10. The lowest BCUT2D eigenvalue weighted by Gasteiger charge is -2.14. The first-order chi connectivity index (χ1) is 13.2. The molecular formula is C19H18N4O4. The number of carbonyl (C=O) groups excluding carboxylic acids is 1. The van der Waals surface area contributed by atoms with Crippen LogP contribution in [-0.2, 0) is 0 Å². The summed E-state index contributed by atoms with van der Waals surface area (Å²) in [4.78, 5) is 35.4. The molecule has 1 aliphatic rings. The van der Waals surface area contributed by atoms with Gasteiger partial charge in [0.15, 0.2) is 11.3 Å². The molecule has 4 rings (SSSR count). The van der Waals surface area contributed by atoms with Crippen LogP contribution in [0, 0.1) is 0 Å². The molecule has 1 aliphatic heterocycles. The van der Waals surface area contributed by atoms with Crippen LogP contribution in [0.25, 0.3) is 11.0 Å². The molecule has 0 atom stereocenters. The molecule has 27 heavy (non-hydrogen) atoms. The van der Waals surface area contributed by atoms with E-state index >= 15 is 0 Å². The monoisotopic (exact) mass is 366 g/mol. The third-order valence-corrected chi connectivity index (χ3v) is 4.47. The molecule has 0 unspecified atom stereocenters. The summed E-state index contributed by atoms with van der Waals surface area (Å²) in [6.45, 7) is 1.88. The number of anilines is 2. The van der Waals surface area contributed by atoms with Gasteiger partial charge in [-0.15, -0.1) is 0 Å². The van der Waals surface area contributed by atoms with Gasteiger partial charge in [-0.2, -0.15) is 0 Å². The number of fused-ring (bicyclic) bond motifs is 1. The Labute approximate surface area is 154 Å². The normalized spacial score (nSPS) is 13.7. The summed E-state index contributed by atoms with van der Waals surface area (Å²) in [6, 6.07) is 6.67. The van der Waals surface area contributed by atoms with Crippen LogP contribution >= 0.6 is 0 Å². The van der Waals surface area contributed by atoms with Crippen molar-refractivity contribution >= 4 is 28.5 Å². The van der Waals surface area contributed by atoms with E-state index in [1.165, 1.54) is 25.6 Å². The topological polar surface area (TPSA) is 97.6 Å². The van der Waals surface area contributed by atoms with Crippen LogP contribution in [0.4, 0.5) is 11.6 Å². The van der Waals surface area contributed by atoms with E-state index in [1.807, 2.05) is 0 Å². The number of benzene rings is 1. The minimum absolute atomic E-state index is 0.0978. The number of rotatable bonds is 4. The first-order valence-electron chi connectivity index (χ1n) is 8.65. The lowest BCUT2D eigenvalue weighted by Crippen LogP contribution is -2.22. The van der Waals surface area contributed by atoms with Crippen molar-refractivity contribution in [1.29, 1.82) is 0 Å². The highest BCUT2D eigenvalue weighted by Gasteiger charge is 2.17. The van der Waals surface area contributed by atoms with Gasteiger partial charge in [-0.05, 0) is 25.0 Å². The molecule has 0 radical (unpaired) electrons. The molecule has 1 N–H and O–H groups in total. The summed E-state index contributed by atoms with van der Waals surface area (Å²) < 4.78 is 10.5. The zero-order valence-electron chi connectivity index (χ0n) is 14.8. The third kappa shape index (κ3) is 3.33. The molecule has 2 aromatic heterocycles. The molecule has 0 bridgehead atoms. The lowest BCUT2D eigenvalue weighted by atomic mass is 10.1. The van der Waals surface area contributed by atoms with E-state index in [0.29, 0.717) is 28.4 Å². The van der Waals surface area contributed by atoms with E-state index in [-0.39, 0.29) is 5.56 Å². The average Bonchev–Trinajstić information content (AvgIpc) is 3.22. The molecule has 1 amide bonds. The van der Waals surface area contributed by atoms with Gasteiger partial charge in [0, 0.05) is 18.5 Å². The Kier molecular flexibility index (Phi) is 4.45. The maximum Gasteiger partial charge on any atom is 0.349 e. The fourth-order valence-electron chi connectivity index (χ4n) is 3.10. The lowest BCUT2D eigenvalue weighted by molar-refractivity contribution is 0.102. The molecule has 1 fully saturated rings. The van der Waals surface area contributed by atoms with Crippen molar-refractivity contribution in [2.75, 3.05) is 30.4 Å². The smallest absolute Gasteiger partial charge is 0.349 e. The van der Waals surface area contributed by atoms with Gasteiger partial charge in [0.2, 0.25) is 5.95 Å². The zero-order valence-corrected chi connectivity index (χ0v) is 14.8. The van der Waals surface area contributed by atoms with Crippen LogP contribution in [0.1, 0.15) is 23.2 Å². The van der Waals surface area contributed by atoms with Gasteiger partial charge in [-0.1, -0.05) is 12.1 Å². The maximum atomic E-state index is 12.5. The quantitative estimate of drug-likeness (QED) is 0.708. The molecule has 8 nitrogen and oxygen atoms in total. The molecule has 3 aromatic rings. The maximum absolute atomic E-state index is 12.5. The first-order valence-corrected chi connectivity index (χ1v) is 8.65. The predicted octanol–water partition coefficient (Wildman–Crippen LogP) is 2.44. The minimum atomic E-state index is -0.737. The van der Waals surface area contributed by atoms with Crippen LogP contribution in [0.3, 0.4) is 0 Å². The Morgan fingerprint density at radius 3 is 2.67 bits per heavy atom. The van der Waals surface area contributed by atoms with E-state index < -0.39 is 11.5 Å². The van der Waals surface area contributed by atoms with Crippen molar-refractivity contribution in [3.8, 4) is 5.75 Å². The summed E-state index contributed by atoms with van der Waals surface area (Å²) in [5, 5.41) is 3.23. The first kappa shape index (κ1) is 17.0. The van der Waals surface area contributed by atoms with Crippen molar-refractivity contribution in [3.05, 3.63) is 52.6 Å². The van der Waals surface area contributed by atoms with E-state index in [0.717, 1.165) is 25.9 Å². The van der Waals surface area contributed by atoms with Gasteiger partial charge >= 0.3 is 5.63 Å². The summed E-state index contributed by atoms with van der Waals surface area (Å²) in [7, 11) is 1.49. The molecular weight excluding hydrogens is 348 g/mol. The van der Waals surface area contributed by atoms with Crippen molar-refractivity contribution in [2.24, 2.45) is 0 Å². The average molecular weight is 366 g/mol. The third-order valence-electron chi connectivity index (χ3n) is 4.47. The number of amides is 1. The van der Waals surface area contributed by atoms with Gasteiger partial charge in [0.1, 0.15) is 5.56 Å². The molecule has 3 heterocycles. The molecule has 8 heteroatoms. The second kappa shape index (κ2) is 7.06. The van der Waals surface area contributed by atoms with Crippen LogP contribution in [0.15, 0.2) is 45.9 Å². The summed E-state index contributed by atoms with van der Waals surface area (Å²) >= 11 is 0. The van der Waals surface area contributed by atoms with E-state index in [1.54, 1.807) is 18.2 Å². The van der Waals surface area contributed by atoms with Crippen molar-refractivity contribution in [1.82, 2.24) is 9.97 Å². The van der Waals surface area contributed by atoms with Crippen molar-refractivity contribution in [2.45, 2.75) is 12.8 Å². The fraction of sp³-hybridized carbons (Fsp3) is 0.263. The summed E-state index contributed by atoms with van der Waals surface area (Å²) in [5.41, 5.74) is -0.119. The minimum Gasteiger partial charge on any atom is -0.493 e. The number of ether oxygens (including phenoxy) is 1. The van der Waals surface area contributed by atoms with Crippen LogP contribution in [-0.4, -0.2) is 36.1 Å². The van der Waals surface area contributed by atoms with E-state index in [2.05, 4.69) is 20.2 Å². The highest BCUT2D eigenvalue weighted by atomic mass is 16.5. The molecule has 138 valence electrons. The van der Waals surface area contributed by atoms with Gasteiger partial charge in [-0.3, -0.25) is 4.79 Å². The van der Waals surface area contributed by atoms with Crippen LogP contribution in [0.2, 0.25) is 0 Å². The number of nitrogens with zero attached hydrogens (tertiary/aromatic N) is 3. The number of methoxy groups -OCH3 is 1. The standard InChI is InChI=1S/C19H18N4O4/c1-26-15-6-4-5-12-9-14(18(25)27-16(12)15)17(24)22-13-10-20-19(21-11-13)23-7-2-3-8-23/h4-6,9-11H,2-3,7-8H2,1H3,(H,22,24). The number of hydrogen-bond acceptors (Lipinski definition) is 7. The molecule has 1 aromatic carbocycles. The van der Waals surface area contributed by atoms with Crippen LogP contribution in [0.5, 0.6) is 5.75 Å². The Balaban J connectivity index is 1.57. The van der Waals surface area contributed by atoms with Gasteiger partial charge in [-0.25, -0.2) is 14.8 Å². The number of carbonyl (C=O) groups is 1. The predicted molar refractivity (Wildman–Crippen MR) is 100 cm³/mol. The van der Waals surface area contributed by atoms with Gasteiger partial charge < -0.3 is 19.4 Å². The molecule has 0 saturated carbocycles.